The highest BCUT2D eigenvalue weighted by atomic mass is 16.7. The minimum atomic E-state index is -0.283. The summed E-state index contributed by atoms with van der Waals surface area (Å²) in [5.41, 5.74) is 2.84. The van der Waals surface area contributed by atoms with E-state index in [0.29, 0.717) is 12.2 Å². The maximum Gasteiger partial charge on any atom is 0.291 e. The van der Waals surface area contributed by atoms with E-state index in [2.05, 4.69) is 20.9 Å². The second-order valence-electron chi connectivity index (χ2n) is 7.19. The molecule has 8 nitrogen and oxygen atoms in total. The SMILES string of the molecule is CCNC(=NCc1cccc(NC(=O)c2ccco2)c1)NCCc1ccc2c(c1)OCO2. The van der Waals surface area contributed by atoms with Gasteiger partial charge in [-0.25, -0.2) is 4.99 Å². The summed E-state index contributed by atoms with van der Waals surface area (Å²) in [6, 6.07) is 16.9. The molecule has 4 rings (SSSR count). The Balaban J connectivity index is 1.32. The molecule has 3 N–H and O–H groups in total. The summed E-state index contributed by atoms with van der Waals surface area (Å²) in [5.74, 6) is 2.31. The standard InChI is InChI=1S/C24H26N4O4/c1-2-25-24(26-11-10-17-8-9-20-22(14-17)32-16-31-20)27-15-18-5-3-6-19(13-18)28-23(29)21-7-4-12-30-21/h3-9,12-14H,2,10-11,15-16H2,1H3,(H,28,29)(H2,25,26,27). The Bertz CT molecular complexity index is 1080. The van der Waals surface area contributed by atoms with E-state index in [1.165, 1.54) is 6.26 Å². The van der Waals surface area contributed by atoms with Gasteiger partial charge < -0.3 is 29.8 Å². The number of nitrogens with one attached hydrogen (secondary N) is 3. The van der Waals surface area contributed by atoms with E-state index in [9.17, 15) is 4.79 Å². The third-order valence-electron chi connectivity index (χ3n) is 4.84. The number of hydrogen-bond acceptors (Lipinski definition) is 5. The number of aliphatic imine (C=N–C) groups is 1. The molecular weight excluding hydrogens is 408 g/mol. The Morgan fingerprint density at radius 2 is 1.91 bits per heavy atom. The minimum Gasteiger partial charge on any atom is -0.459 e. The number of benzene rings is 2. The fourth-order valence-corrected chi connectivity index (χ4v) is 3.28. The normalized spacial score (nSPS) is 12.5. The first-order valence-electron chi connectivity index (χ1n) is 10.6. The third kappa shape index (κ3) is 5.60. The lowest BCUT2D eigenvalue weighted by molar-refractivity contribution is 0.0996. The van der Waals surface area contributed by atoms with Crippen LogP contribution in [0.4, 0.5) is 5.69 Å². The van der Waals surface area contributed by atoms with Gasteiger partial charge in [-0.15, -0.1) is 0 Å². The molecule has 0 fully saturated rings. The Hall–Kier alpha value is -3.94. The molecule has 1 aliphatic rings. The van der Waals surface area contributed by atoms with Crippen molar-refractivity contribution in [2.45, 2.75) is 19.9 Å². The monoisotopic (exact) mass is 434 g/mol. The number of furan rings is 1. The topological polar surface area (TPSA) is 97.1 Å². The van der Waals surface area contributed by atoms with Crippen LogP contribution >= 0.6 is 0 Å². The van der Waals surface area contributed by atoms with Crippen LogP contribution in [0, 0.1) is 0 Å². The molecular formula is C24H26N4O4. The maximum absolute atomic E-state index is 12.2. The Kier molecular flexibility index (Phi) is 6.91. The fourth-order valence-electron chi connectivity index (χ4n) is 3.28. The summed E-state index contributed by atoms with van der Waals surface area (Å²) in [4.78, 5) is 16.8. The molecule has 2 heterocycles. The van der Waals surface area contributed by atoms with E-state index in [1.54, 1.807) is 12.1 Å². The van der Waals surface area contributed by atoms with Gasteiger partial charge >= 0.3 is 0 Å². The van der Waals surface area contributed by atoms with Crippen molar-refractivity contribution in [3.63, 3.8) is 0 Å². The van der Waals surface area contributed by atoms with Gasteiger partial charge in [0.05, 0.1) is 12.8 Å². The van der Waals surface area contributed by atoms with Gasteiger partial charge in [0.25, 0.3) is 5.91 Å². The minimum absolute atomic E-state index is 0.273. The second-order valence-corrected chi connectivity index (χ2v) is 7.19. The number of rotatable bonds is 8. The Morgan fingerprint density at radius 1 is 1.00 bits per heavy atom. The molecule has 0 bridgehead atoms. The lowest BCUT2D eigenvalue weighted by Crippen LogP contribution is -2.38. The van der Waals surface area contributed by atoms with Crippen LogP contribution in [0.25, 0.3) is 0 Å². The summed E-state index contributed by atoms with van der Waals surface area (Å²) >= 11 is 0. The number of ether oxygens (including phenoxy) is 2. The molecule has 0 aliphatic carbocycles. The predicted molar refractivity (Wildman–Crippen MR) is 122 cm³/mol. The quantitative estimate of drug-likeness (QED) is 0.371. The van der Waals surface area contributed by atoms with Crippen molar-refractivity contribution < 1.29 is 18.7 Å². The van der Waals surface area contributed by atoms with Crippen LogP contribution in [-0.4, -0.2) is 31.7 Å². The van der Waals surface area contributed by atoms with Crippen molar-refractivity contribution in [2.75, 3.05) is 25.2 Å². The summed E-state index contributed by atoms with van der Waals surface area (Å²) in [7, 11) is 0. The van der Waals surface area contributed by atoms with Crippen molar-refractivity contribution >= 4 is 17.6 Å². The molecule has 0 saturated heterocycles. The number of amides is 1. The van der Waals surface area contributed by atoms with Crippen molar-refractivity contribution in [1.29, 1.82) is 0 Å². The zero-order chi connectivity index (χ0) is 22.2. The van der Waals surface area contributed by atoms with Gasteiger partial charge in [0.2, 0.25) is 6.79 Å². The van der Waals surface area contributed by atoms with Crippen LogP contribution in [0.5, 0.6) is 11.5 Å². The zero-order valence-electron chi connectivity index (χ0n) is 17.9. The van der Waals surface area contributed by atoms with Crippen LogP contribution in [0.1, 0.15) is 28.6 Å². The zero-order valence-corrected chi connectivity index (χ0v) is 17.9. The highest BCUT2D eigenvalue weighted by Crippen LogP contribution is 2.32. The van der Waals surface area contributed by atoms with Crippen molar-refractivity contribution in [3.8, 4) is 11.5 Å². The lowest BCUT2D eigenvalue weighted by Gasteiger charge is -2.12. The van der Waals surface area contributed by atoms with Gasteiger partial charge in [0, 0.05) is 18.8 Å². The van der Waals surface area contributed by atoms with E-state index < -0.39 is 0 Å². The molecule has 1 aromatic heterocycles. The number of fused-ring (bicyclic) bond motifs is 1. The molecule has 0 unspecified atom stereocenters. The second kappa shape index (κ2) is 10.4. The van der Waals surface area contributed by atoms with Gasteiger partial charge in [-0.05, 0) is 60.9 Å². The van der Waals surface area contributed by atoms with E-state index in [-0.39, 0.29) is 18.5 Å². The van der Waals surface area contributed by atoms with Crippen molar-refractivity contribution in [2.24, 2.45) is 4.99 Å². The highest BCUT2D eigenvalue weighted by Gasteiger charge is 2.13. The van der Waals surface area contributed by atoms with Gasteiger partial charge in [-0.3, -0.25) is 4.79 Å². The Morgan fingerprint density at radius 3 is 2.75 bits per heavy atom. The van der Waals surface area contributed by atoms with Crippen LogP contribution in [-0.2, 0) is 13.0 Å². The summed E-state index contributed by atoms with van der Waals surface area (Å²) in [6.45, 7) is 4.27. The molecule has 0 radical (unpaired) electrons. The smallest absolute Gasteiger partial charge is 0.291 e. The Labute approximate surface area is 186 Å². The maximum atomic E-state index is 12.2. The average Bonchev–Trinajstić information content (AvgIpc) is 3.49. The van der Waals surface area contributed by atoms with Crippen molar-refractivity contribution in [1.82, 2.24) is 10.6 Å². The van der Waals surface area contributed by atoms with Crippen molar-refractivity contribution in [3.05, 3.63) is 77.7 Å². The van der Waals surface area contributed by atoms with Crippen LogP contribution in [0.15, 0.2) is 70.3 Å². The molecule has 166 valence electrons. The number of carbonyl (C=O) groups excluding carboxylic acids is 1. The number of anilines is 1. The first-order chi connectivity index (χ1) is 15.7. The average molecular weight is 434 g/mol. The van der Waals surface area contributed by atoms with E-state index in [0.717, 1.165) is 48.1 Å². The largest absolute Gasteiger partial charge is 0.459 e. The summed E-state index contributed by atoms with van der Waals surface area (Å²) in [5, 5.41) is 9.45. The molecule has 0 spiro atoms. The first kappa shape index (κ1) is 21.3. The van der Waals surface area contributed by atoms with Gasteiger partial charge in [0.15, 0.2) is 23.2 Å². The molecule has 1 aliphatic heterocycles. The predicted octanol–water partition coefficient (Wildman–Crippen LogP) is 3.56. The third-order valence-corrected chi connectivity index (χ3v) is 4.84. The van der Waals surface area contributed by atoms with E-state index >= 15 is 0 Å². The first-order valence-corrected chi connectivity index (χ1v) is 10.6. The van der Waals surface area contributed by atoms with Gasteiger partial charge in [0.1, 0.15) is 0 Å². The van der Waals surface area contributed by atoms with Gasteiger partial charge in [-0.2, -0.15) is 0 Å². The molecule has 1 amide bonds. The number of hydrogen-bond donors (Lipinski definition) is 3. The number of guanidine groups is 1. The summed E-state index contributed by atoms with van der Waals surface area (Å²) in [6.07, 6.45) is 2.30. The number of carbonyl (C=O) groups is 1. The van der Waals surface area contributed by atoms with Crippen LogP contribution in [0.2, 0.25) is 0 Å². The fraction of sp³-hybridized carbons (Fsp3) is 0.250. The van der Waals surface area contributed by atoms with E-state index in [4.69, 9.17) is 13.9 Å². The molecule has 3 aromatic rings. The lowest BCUT2D eigenvalue weighted by atomic mass is 10.1. The summed E-state index contributed by atoms with van der Waals surface area (Å²) < 4.78 is 15.9. The van der Waals surface area contributed by atoms with Crippen LogP contribution < -0.4 is 25.4 Å². The number of nitrogens with zero attached hydrogens (tertiary/aromatic N) is 1. The molecule has 8 heteroatoms. The molecule has 32 heavy (non-hydrogen) atoms. The molecule has 2 aromatic carbocycles. The van der Waals surface area contributed by atoms with Crippen LogP contribution in [0.3, 0.4) is 0 Å². The van der Waals surface area contributed by atoms with Gasteiger partial charge in [-0.1, -0.05) is 18.2 Å². The molecule has 0 saturated carbocycles. The van der Waals surface area contributed by atoms with E-state index in [1.807, 2.05) is 49.4 Å². The molecule has 0 atom stereocenters. The highest BCUT2D eigenvalue weighted by molar-refractivity contribution is 6.02.